The molecule has 0 radical (unpaired) electrons. The molecule has 1 fully saturated rings. The highest BCUT2D eigenvalue weighted by molar-refractivity contribution is 5.93. The molecule has 1 aromatic heterocycles. The van der Waals surface area contributed by atoms with Crippen LogP contribution in [0.3, 0.4) is 0 Å². The highest BCUT2D eigenvalue weighted by Crippen LogP contribution is 2.28. The Labute approximate surface area is 124 Å². The highest BCUT2D eigenvalue weighted by atomic mass is 16.3. The number of aromatic nitrogens is 1. The number of amides is 1. The molecule has 0 aliphatic heterocycles. The van der Waals surface area contributed by atoms with E-state index in [2.05, 4.69) is 10.3 Å². The summed E-state index contributed by atoms with van der Waals surface area (Å²) in [5.74, 6) is 0.895. The fourth-order valence-electron chi connectivity index (χ4n) is 2.84. The summed E-state index contributed by atoms with van der Waals surface area (Å²) < 4.78 is 5.47. The largest absolute Gasteiger partial charge is 0.444 e. The molecular formula is C17H20N2O2. The predicted molar refractivity (Wildman–Crippen MR) is 82.0 cm³/mol. The van der Waals surface area contributed by atoms with E-state index in [-0.39, 0.29) is 11.8 Å². The lowest BCUT2D eigenvalue weighted by molar-refractivity contribution is -0.119. The van der Waals surface area contributed by atoms with E-state index in [1.54, 1.807) is 6.26 Å². The molecule has 1 saturated carbocycles. The molecular weight excluding hydrogens is 264 g/mol. The summed E-state index contributed by atoms with van der Waals surface area (Å²) in [7, 11) is 0. The number of aryl methyl sites for hydroxylation is 2. The molecule has 1 amide bonds. The summed E-state index contributed by atoms with van der Waals surface area (Å²) in [6.45, 7) is 3.91. The molecule has 0 spiro atoms. The Bertz CT molecular complexity index is 655. The van der Waals surface area contributed by atoms with Crippen LogP contribution >= 0.6 is 0 Å². The van der Waals surface area contributed by atoms with Gasteiger partial charge in [0, 0.05) is 17.2 Å². The van der Waals surface area contributed by atoms with Crippen LogP contribution < -0.4 is 5.32 Å². The van der Waals surface area contributed by atoms with Crippen molar-refractivity contribution in [1.82, 2.24) is 4.98 Å². The maximum atomic E-state index is 12.2. The third-order valence-electron chi connectivity index (χ3n) is 4.08. The first-order chi connectivity index (χ1) is 10.1. The Balaban J connectivity index is 1.82. The van der Waals surface area contributed by atoms with E-state index < -0.39 is 0 Å². The van der Waals surface area contributed by atoms with E-state index in [1.807, 2.05) is 32.0 Å². The summed E-state index contributed by atoms with van der Waals surface area (Å²) in [4.78, 5) is 16.6. The minimum atomic E-state index is 0.130. The summed E-state index contributed by atoms with van der Waals surface area (Å²) in [6.07, 6.45) is 5.96. The van der Waals surface area contributed by atoms with E-state index in [4.69, 9.17) is 4.42 Å². The zero-order valence-corrected chi connectivity index (χ0v) is 12.5. The van der Waals surface area contributed by atoms with Crippen molar-refractivity contribution in [3.8, 4) is 11.5 Å². The zero-order valence-electron chi connectivity index (χ0n) is 12.5. The molecule has 0 atom stereocenters. The molecule has 2 aromatic rings. The van der Waals surface area contributed by atoms with Gasteiger partial charge in [0.25, 0.3) is 0 Å². The lowest BCUT2D eigenvalue weighted by Crippen LogP contribution is -2.20. The number of carbonyl (C=O) groups excluding carboxylic acids is 1. The number of hydrogen-bond donors (Lipinski definition) is 1. The Morgan fingerprint density at radius 3 is 2.71 bits per heavy atom. The lowest BCUT2D eigenvalue weighted by atomic mass is 10.1. The first-order valence-electron chi connectivity index (χ1n) is 7.47. The Hall–Kier alpha value is -2.10. The minimum Gasteiger partial charge on any atom is -0.444 e. The van der Waals surface area contributed by atoms with Crippen LogP contribution in [-0.2, 0) is 4.79 Å². The van der Waals surface area contributed by atoms with Gasteiger partial charge >= 0.3 is 0 Å². The highest BCUT2D eigenvalue weighted by Gasteiger charge is 2.22. The van der Waals surface area contributed by atoms with Gasteiger partial charge in [-0.25, -0.2) is 4.98 Å². The van der Waals surface area contributed by atoms with Crippen molar-refractivity contribution in [1.29, 1.82) is 0 Å². The SMILES string of the molecule is Cc1coc(-c2cc(NC(=O)C3CCCC3)ccc2C)n1. The van der Waals surface area contributed by atoms with Crippen LogP contribution in [0, 0.1) is 19.8 Å². The average Bonchev–Trinajstić information content (AvgIpc) is 3.12. The summed E-state index contributed by atoms with van der Waals surface area (Å²) in [5, 5.41) is 3.02. The quantitative estimate of drug-likeness (QED) is 0.923. The number of carbonyl (C=O) groups is 1. The molecule has 110 valence electrons. The lowest BCUT2D eigenvalue weighted by Gasteiger charge is -2.12. The smallest absolute Gasteiger partial charge is 0.227 e. The number of hydrogen-bond acceptors (Lipinski definition) is 3. The topological polar surface area (TPSA) is 55.1 Å². The van der Waals surface area contributed by atoms with Crippen LogP contribution in [0.15, 0.2) is 28.9 Å². The second-order valence-electron chi connectivity index (χ2n) is 5.79. The second kappa shape index (κ2) is 5.72. The van der Waals surface area contributed by atoms with Gasteiger partial charge in [0.05, 0.1) is 5.69 Å². The van der Waals surface area contributed by atoms with E-state index in [0.29, 0.717) is 5.89 Å². The molecule has 21 heavy (non-hydrogen) atoms. The molecule has 1 aliphatic rings. The number of anilines is 1. The number of nitrogens with zero attached hydrogens (tertiary/aromatic N) is 1. The fourth-order valence-corrected chi connectivity index (χ4v) is 2.84. The van der Waals surface area contributed by atoms with Gasteiger partial charge in [-0.15, -0.1) is 0 Å². The predicted octanol–water partition coefficient (Wildman–Crippen LogP) is 4.09. The van der Waals surface area contributed by atoms with Gasteiger partial charge in [-0.2, -0.15) is 0 Å². The van der Waals surface area contributed by atoms with Crippen molar-refractivity contribution in [2.24, 2.45) is 5.92 Å². The molecule has 0 unspecified atom stereocenters. The maximum absolute atomic E-state index is 12.2. The molecule has 4 nitrogen and oxygen atoms in total. The molecule has 1 N–H and O–H groups in total. The fraction of sp³-hybridized carbons (Fsp3) is 0.412. The molecule has 4 heteroatoms. The first-order valence-corrected chi connectivity index (χ1v) is 7.47. The van der Waals surface area contributed by atoms with Gasteiger partial charge < -0.3 is 9.73 Å². The Morgan fingerprint density at radius 2 is 2.05 bits per heavy atom. The number of oxazole rings is 1. The van der Waals surface area contributed by atoms with Gasteiger partial charge in [0.1, 0.15) is 6.26 Å². The monoisotopic (exact) mass is 284 g/mol. The number of rotatable bonds is 3. The van der Waals surface area contributed by atoms with Crippen LogP contribution in [0.5, 0.6) is 0 Å². The van der Waals surface area contributed by atoms with Gasteiger partial charge in [0.15, 0.2) is 0 Å². The molecule has 0 bridgehead atoms. The van der Waals surface area contributed by atoms with Crippen LogP contribution in [-0.4, -0.2) is 10.9 Å². The Kier molecular flexibility index (Phi) is 3.78. The van der Waals surface area contributed by atoms with Gasteiger partial charge in [0.2, 0.25) is 11.8 Å². The average molecular weight is 284 g/mol. The van der Waals surface area contributed by atoms with Crippen molar-refractivity contribution >= 4 is 11.6 Å². The van der Waals surface area contributed by atoms with Crippen LogP contribution in [0.4, 0.5) is 5.69 Å². The van der Waals surface area contributed by atoms with E-state index >= 15 is 0 Å². The van der Waals surface area contributed by atoms with Crippen molar-refractivity contribution in [3.05, 3.63) is 35.7 Å². The first kappa shape index (κ1) is 13.9. The molecule has 3 rings (SSSR count). The van der Waals surface area contributed by atoms with Gasteiger partial charge in [-0.1, -0.05) is 18.9 Å². The zero-order chi connectivity index (χ0) is 14.8. The van der Waals surface area contributed by atoms with Crippen LogP contribution in [0.2, 0.25) is 0 Å². The van der Waals surface area contributed by atoms with Crippen molar-refractivity contribution in [3.63, 3.8) is 0 Å². The molecule has 0 saturated heterocycles. The van der Waals surface area contributed by atoms with E-state index in [9.17, 15) is 4.79 Å². The summed E-state index contributed by atoms with van der Waals surface area (Å²) >= 11 is 0. The van der Waals surface area contributed by atoms with Crippen molar-refractivity contribution in [2.45, 2.75) is 39.5 Å². The molecule has 1 aromatic carbocycles. The van der Waals surface area contributed by atoms with E-state index in [0.717, 1.165) is 48.2 Å². The van der Waals surface area contributed by atoms with Crippen molar-refractivity contribution in [2.75, 3.05) is 5.32 Å². The summed E-state index contributed by atoms with van der Waals surface area (Å²) in [6, 6.07) is 5.86. The minimum absolute atomic E-state index is 0.130. The molecule has 1 heterocycles. The van der Waals surface area contributed by atoms with Crippen LogP contribution in [0.1, 0.15) is 36.9 Å². The Morgan fingerprint density at radius 1 is 1.29 bits per heavy atom. The second-order valence-corrected chi connectivity index (χ2v) is 5.79. The number of nitrogens with one attached hydrogen (secondary N) is 1. The standard InChI is InChI=1S/C17H20N2O2/c1-11-7-8-14(19-16(20)13-5-3-4-6-13)9-15(11)17-18-12(2)10-21-17/h7-10,13H,3-6H2,1-2H3,(H,19,20). The van der Waals surface area contributed by atoms with E-state index in [1.165, 1.54) is 0 Å². The van der Waals surface area contributed by atoms with Crippen molar-refractivity contribution < 1.29 is 9.21 Å². The molecule has 1 aliphatic carbocycles. The van der Waals surface area contributed by atoms with Gasteiger partial charge in [-0.05, 0) is 44.4 Å². The maximum Gasteiger partial charge on any atom is 0.227 e. The third-order valence-corrected chi connectivity index (χ3v) is 4.08. The third kappa shape index (κ3) is 2.99. The summed E-state index contributed by atoms with van der Waals surface area (Å²) in [5.41, 5.74) is 3.66. The van der Waals surface area contributed by atoms with Gasteiger partial charge in [-0.3, -0.25) is 4.79 Å². The number of benzene rings is 1. The van der Waals surface area contributed by atoms with Crippen LogP contribution in [0.25, 0.3) is 11.5 Å². The normalized spacial score (nSPS) is 15.3.